The Hall–Kier alpha value is 0.400. The average molecular weight is 264 g/mol. The molecule has 1 saturated heterocycles. The second-order valence-electron chi connectivity index (χ2n) is 3.98. The molecule has 1 aliphatic rings. The summed E-state index contributed by atoms with van der Waals surface area (Å²) in [4.78, 5) is 2.53. The fourth-order valence-electron chi connectivity index (χ4n) is 1.92. The first kappa shape index (κ1) is 12.5. The number of alkyl halides is 1. The van der Waals surface area contributed by atoms with Crippen molar-refractivity contribution < 1.29 is 4.74 Å². The number of rotatable bonds is 6. The van der Waals surface area contributed by atoms with Crippen LogP contribution >= 0.6 is 15.9 Å². The lowest BCUT2D eigenvalue weighted by Gasteiger charge is -2.32. The molecular formula is C11H22BrNO. The molecule has 2 nitrogen and oxygen atoms in total. The molecule has 0 saturated carbocycles. The molecule has 1 fully saturated rings. The Bertz CT molecular complexity index is 129. The number of likely N-dealkylation sites (tertiary alicyclic amines) is 1. The third-order valence-corrected chi connectivity index (χ3v) is 3.19. The Labute approximate surface area is 96.1 Å². The molecule has 0 aromatic rings. The summed E-state index contributed by atoms with van der Waals surface area (Å²) < 4.78 is 5.79. The molecule has 0 aromatic heterocycles. The molecule has 0 radical (unpaired) electrons. The van der Waals surface area contributed by atoms with Crippen molar-refractivity contribution in [3.05, 3.63) is 0 Å². The van der Waals surface area contributed by atoms with Gasteiger partial charge in [-0.05, 0) is 38.8 Å². The Kier molecular flexibility index (Phi) is 6.82. The Balaban J connectivity index is 2.14. The molecule has 1 aliphatic heterocycles. The number of halogens is 1. The summed E-state index contributed by atoms with van der Waals surface area (Å²) in [5.41, 5.74) is 0. The number of hydrogen-bond donors (Lipinski definition) is 0. The number of nitrogens with zero attached hydrogens (tertiary/aromatic N) is 1. The minimum atomic E-state index is 0.499. The number of ether oxygens (including phenoxy) is 1. The fourth-order valence-corrected chi connectivity index (χ4v) is 2.17. The summed E-state index contributed by atoms with van der Waals surface area (Å²) in [6.07, 6.45) is 5.44. The maximum absolute atomic E-state index is 5.79. The third kappa shape index (κ3) is 4.76. The third-order valence-electron chi connectivity index (χ3n) is 2.63. The van der Waals surface area contributed by atoms with Crippen LogP contribution in [0.1, 0.15) is 32.6 Å². The van der Waals surface area contributed by atoms with Gasteiger partial charge in [-0.25, -0.2) is 0 Å². The van der Waals surface area contributed by atoms with Crippen molar-refractivity contribution in [2.45, 2.75) is 38.7 Å². The van der Waals surface area contributed by atoms with Gasteiger partial charge in [-0.3, -0.25) is 0 Å². The summed E-state index contributed by atoms with van der Waals surface area (Å²) in [5, 5.41) is 1.12. The zero-order valence-electron chi connectivity index (χ0n) is 9.17. The van der Waals surface area contributed by atoms with Gasteiger partial charge >= 0.3 is 0 Å². The van der Waals surface area contributed by atoms with Crippen LogP contribution in [0.25, 0.3) is 0 Å². The molecule has 0 bridgehead atoms. The standard InChI is InChI=1S/C11H22BrNO/c1-2-9-14-11-5-3-7-13(10-11)8-4-6-12/h11H,2-10H2,1H3. The Morgan fingerprint density at radius 1 is 1.50 bits per heavy atom. The molecule has 1 unspecified atom stereocenters. The highest BCUT2D eigenvalue weighted by Crippen LogP contribution is 2.13. The first-order valence-corrected chi connectivity index (χ1v) is 6.89. The van der Waals surface area contributed by atoms with E-state index in [1.807, 2.05) is 0 Å². The monoisotopic (exact) mass is 263 g/mol. The minimum absolute atomic E-state index is 0.499. The highest BCUT2D eigenvalue weighted by atomic mass is 79.9. The van der Waals surface area contributed by atoms with Crippen molar-refractivity contribution in [3.8, 4) is 0 Å². The Morgan fingerprint density at radius 2 is 2.36 bits per heavy atom. The highest BCUT2D eigenvalue weighted by molar-refractivity contribution is 9.09. The molecule has 0 aromatic carbocycles. The van der Waals surface area contributed by atoms with Crippen LogP contribution in [0.15, 0.2) is 0 Å². The van der Waals surface area contributed by atoms with E-state index in [0.717, 1.165) is 24.9 Å². The van der Waals surface area contributed by atoms with Gasteiger partial charge in [0.05, 0.1) is 6.10 Å². The van der Waals surface area contributed by atoms with Crippen LogP contribution in [0.3, 0.4) is 0 Å². The van der Waals surface area contributed by atoms with E-state index in [1.165, 1.54) is 32.4 Å². The first-order chi connectivity index (χ1) is 6.86. The maximum atomic E-state index is 5.79. The van der Waals surface area contributed by atoms with Gasteiger partial charge < -0.3 is 9.64 Å². The maximum Gasteiger partial charge on any atom is 0.0702 e. The predicted molar refractivity (Wildman–Crippen MR) is 64.1 cm³/mol. The summed E-state index contributed by atoms with van der Waals surface area (Å²) in [6.45, 7) is 6.73. The SMILES string of the molecule is CCCOC1CCCN(CCCBr)C1. The molecule has 84 valence electrons. The molecule has 3 heteroatoms. The summed E-state index contributed by atoms with van der Waals surface area (Å²) in [7, 11) is 0. The normalized spacial score (nSPS) is 24.0. The average Bonchev–Trinajstić information content (AvgIpc) is 2.24. The van der Waals surface area contributed by atoms with Crippen LogP contribution in [0.4, 0.5) is 0 Å². The van der Waals surface area contributed by atoms with E-state index in [1.54, 1.807) is 0 Å². The van der Waals surface area contributed by atoms with Crippen molar-refractivity contribution >= 4 is 15.9 Å². The lowest BCUT2D eigenvalue weighted by Crippen LogP contribution is -2.40. The number of hydrogen-bond acceptors (Lipinski definition) is 2. The molecule has 0 spiro atoms. The van der Waals surface area contributed by atoms with E-state index in [4.69, 9.17) is 4.74 Å². The van der Waals surface area contributed by atoms with Gasteiger partial charge in [0.25, 0.3) is 0 Å². The van der Waals surface area contributed by atoms with E-state index < -0.39 is 0 Å². The van der Waals surface area contributed by atoms with E-state index in [2.05, 4.69) is 27.8 Å². The largest absolute Gasteiger partial charge is 0.377 e. The van der Waals surface area contributed by atoms with Crippen molar-refractivity contribution in [3.63, 3.8) is 0 Å². The van der Waals surface area contributed by atoms with Crippen LogP contribution in [0.5, 0.6) is 0 Å². The van der Waals surface area contributed by atoms with Crippen LogP contribution in [0, 0.1) is 0 Å². The van der Waals surface area contributed by atoms with Gasteiger partial charge in [-0.15, -0.1) is 0 Å². The second-order valence-corrected chi connectivity index (χ2v) is 4.77. The molecule has 0 N–H and O–H groups in total. The molecule has 0 aliphatic carbocycles. The van der Waals surface area contributed by atoms with Gasteiger partial charge in [0.2, 0.25) is 0 Å². The molecule has 1 rings (SSSR count). The lowest BCUT2D eigenvalue weighted by atomic mass is 10.1. The Morgan fingerprint density at radius 3 is 3.07 bits per heavy atom. The van der Waals surface area contributed by atoms with Crippen LogP contribution in [-0.4, -0.2) is 42.6 Å². The smallest absolute Gasteiger partial charge is 0.0702 e. The molecule has 0 amide bonds. The van der Waals surface area contributed by atoms with E-state index in [0.29, 0.717) is 6.10 Å². The van der Waals surface area contributed by atoms with Crippen LogP contribution in [0.2, 0.25) is 0 Å². The summed E-state index contributed by atoms with van der Waals surface area (Å²) in [6, 6.07) is 0. The molecule has 1 atom stereocenters. The highest BCUT2D eigenvalue weighted by Gasteiger charge is 2.19. The lowest BCUT2D eigenvalue weighted by molar-refractivity contribution is 0.000173. The van der Waals surface area contributed by atoms with Gasteiger partial charge in [0.1, 0.15) is 0 Å². The molecule has 14 heavy (non-hydrogen) atoms. The summed E-state index contributed by atoms with van der Waals surface area (Å²) in [5.74, 6) is 0. The molecular weight excluding hydrogens is 242 g/mol. The van der Waals surface area contributed by atoms with Crippen molar-refractivity contribution in [2.75, 3.05) is 31.6 Å². The van der Waals surface area contributed by atoms with E-state index in [9.17, 15) is 0 Å². The zero-order chi connectivity index (χ0) is 10.2. The van der Waals surface area contributed by atoms with Crippen molar-refractivity contribution in [1.82, 2.24) is 4.90 Å². The van der Waals surface area contributed by atoms with Crippen molar-refractivity contribution in [2.24, 2.45) is 0 Å². The fraction of sp³-hybridized carbons (Fsp3) is 1.00. The number of piperidine rings is 1. The second kappa shape index (κ2) is 7.66. The van der Waals surface area contributed by atoms with E-state index in [-0.39, 0.29) is 0 Å². The van der Waals surface area contributed by atoms with Crippen LogP contribution < -0.4 is 0 Å². The summed E-state index contributed by atoms with van der Waals surface area (Å²) >= 11 is 3.48. The quantitative estimate of drug-likeness (QED) is 0.684. The molecule has 1 heterocycles. The van der Waals surface area contributed by atoms with Crippen LogP contribution in [-0.2, 0) is 4.74 Å². The minimum Gasteiger partial charge on any atom is -0.377 e. The zero-order valence-corrected chi connectivity index (χ0v) is 10.8. The predicted octanol–water partition coefficient (Wildman–Crippen LogP) is 2.66. The van der Waals surface area contributed by atoms with Gasteiger partial charge in [0, 0.05) is 18.5 Å². The topological polar surface area (TPSA) is 12.5 Å². The van der Waals surface area contributed by atoms with Gasteiger partial charge in [0.15, 0.2) is 0 Å². The van der Waals surface area contributed by atoms with Gasteiger partial charge in [-0.1, -0.05) is 22.9 Å². The van der Waals surface area contributed by atoms with Gasteiger partial charge in [-0.2, -0.15) is 0 Å². The van der Waals surface area contributed by atoms with Crippen molar-refractivity contribution in [1.29, 1.82) is 0 Å². The first-order valence-electron chi connectivity index (χ1n) is 5.76. The van der Waals surface area contributed by atoms with E-state index >= 15 is 0 Å².